The summed E-state index contributed by atoms with van der Waals surface area (Å²) in [6, 6.07) is 3.41. The maximum atomic E-state index is 11.4. The number of rotatable bonds is 3. The zero-order valence-electron chi connectivity index (χ0n) is 7.23. The number of carbonyl (C=O) groups excluding carboxylic acids is 2. The number of aromatic nitrogens is 1. The van der Waals surface area contributed by atoms with Crippen molar-refractivity contribution < 1.29 is 9.59 Å². The molecule has 0 aliphatic rings. The van der Waals surface area contributed by atoms with Crippen LogP contribution in [0.15, 0.2) is 30.1 Å². The van der Waals surface area contributed by atoms with Gasteiger partial charge in [0.2, 0.25) is 5.78 Å². The molecule has 0 aromatic carbocycles. The smallest absolute Gasteiger partial charge is 0.204 e. The van der Waals surface area contributed by atoms with Gasteiger partial charge in [0.25, 0.3) is 0 Å². The molecule has 4 heteroatoms. The first kappa shape index (κ1) is 9.25. The van der Waals surface area contributed by atoms with Crippen molar-refractivity contribution in [1.82, 2.24) is 4.57 Å². The van der Waals surface area contributed by atoms with Crippen LogP contribution in [0, 0.1) is 0 Å². The highest BCUT2D eigenvalue weighted by Crippen LogP contribution is 2.01. The second-order valence-corrected chi connectivity index (χ2v) is 2.63. The number of aldehydes is 1. The Morgan fingerprint density at radius 1 is 1.62 bits per heavy atom. The van der Waals surface area contributed by atoms with Gasteiger partial charge in [-0.25, -0.2) is 0 Å². The van der Waals surface area contributed by atoms with Gasteiger partial charge in [0.1, 0.15) is 0 Å². The van der Waals surface area contributed by atoms with Crippen LogP contribution in [0.1, 0.15) is 10.5 Å². The maximum absolute atomic E-state index is 11.4. The topological polar surface area (TPSA) is 65.1 Å². The summed E-state index contributed by atoms with van der Waals surface area (Å²) < 4.78 is 1.66. The Labute approximate surface area is 75.6 Å². The van der Waals surface area contributed by atoms with E-state index in [0.717, 1.165) is 6.08 Å². The molecule has 68 valence electrons. The van der Waals surface area contributed by atoms with Gasteiger partial charge in [-0.05, 0) is 12.1 Å². The summed E-state index contributed by atoms with van der Waals surface area (Å²) in [5.74, 6) is -0.267. The van der Waals surface area contributed by atoms with Gasteiger partial charge in [-0.3, -0.25) is 9.59 Å². The van der Waals surface area contributed by atoms with Gasteiger partial charge in [0.15, 0.2) is 6.29 Å². The van der Waals surface area contributed by atoms with E-state index < -0.39 is 0 Å². The van der Waals surface area contributed by atoms with Crippen LogP contribution in [0.25, 0.3) is 0 Å². The van der Waals surface area contributed by atoms with E-state index in [0.29, 0.717) is 12.0 Å². The van der Waals surface area contributed by atoms with E-state index in [9.17, 15) is 9.59 Å². The van der Waals surface area contributed by atoms with Crippen LogP contribution in [0.3, 0.4) is 0 Å². The lowest BCUT2D eigenvalue weighted by atomic mass is 10.2. The zero-order valence-corrected chi connectivity index (χ0v) is 7.23. The molecular weight excluding hydrogens is 168 g/mol. The van der Waals surface area contributed by atoms with Crippen molar-refractivity contribution >= 4 is 12.1 Å². The standard InChI is InChI=1S/C9H10N2O2/c1-11-4-2-3-8(11)9(13)5-7(10)6-12/h2-6H,10H2,1H3/b7-5-. The quantitative estimate of drug-likeness (QED) is 0.410. The number of nitrogens with two attached hydrogens (primary N) is 1. The van der Waals surface area contributed by atoms with E-state index in [1.54, 1.807) is 29.9 Å². The SMILES string of the molecule is Cn1cccc1C(=O)/C=C(\N)C=O. The maximum Gasteiger partial charge on any atom is 0.204 e. The van der Waals surface area contributed by atoms with Crippen LogP contribution in [0.5, 0.6) is 0 Å². The van der Waals surface area contributed by atoms with Gasteiger partial charge >= 0.3 is 0 Å². The minimum absolute atomic E-state index is 0.0637. The number of ketones is 1. The largest absolute Gasteiger partial charge is 0.396 e. The Balaban J connectivity index is 2.93. The van der Waals surface area contributed by atoms with Crippen molar-refractivity contribution in [3.8, 4) is 0 Å². The molecule has 0 bridgehead atoms. The monoisotopic (exact) mass is 178 g/mol. The Morgan fingerprint density at radius 2 is 2.31 bits per heavy atom. The first-order valence-corrected chi connectivity index (χ1v) is 3.73. The molecule has 0 atom stereocenters. The van der Waals surface area contributed by atoms with Crippen molar-refractivity contribution in [2.24, 2.45) is 12.8 Å². The number of allylic oxidation sites excluding steroid dienone is 2. The molecule has 1 heterocycles. The lowest BCUT2D eigenvalue weighted by Gasteiger charge is -1.97. The van der Waals surface area contributed by atoms with Gasteiger partial charge in [-0.2, -0.15) is 0 Å². The third kappa shape index (κ3) is 2.05. The van der Waals surface area contributed by atoms with Gasteiger partial charge in [-0.1, -0.05) is 0 Å². The highest BCUT2D eigenvalue weighted by molar-refractivity contribution is 6.05. The Bertz CT molecular complexity index is 363. The molecule has 1 aromatic rings. The van der Waals surface area contributed by atoms with Crippen LogP contribution < -0.4 is 5.73 Å². The molecule has 0 spiro atoms. The molecule has 0 saturated heterocycles. The first-order chi connectivity index (χ1) is 6.15. The van der Waals surface area contributed by atoms with Gasteiger partial charge in [0, 0.05) is 19.3 Å². The average molecular weight is 178 g/mol. The fourth-order valence-electron chi connectivity index (χ4n) is 0.976. The third-order valence-electron chi connectivity index (χ3n) is 1.63. The summed E-state index contributed by atoms with van der Waals surface area (Å²) in [6.07, 6.45) is 3.31. The minimum Gasteiger partial charge on any atom is -0.396 e. The van der Waals surface area contributed by atoms with Crippen molar-refractivity contribution in [3.63, 3.8) is 0 Å². The molecule has 1 aromatic heterocycles. The number of aryl methyl sites for hydroxylation is 1. The van der Waals surface area contributed by atoms with Crippen molar-refractivity contribution in [2.75, 3.05) is 0 Å². The number of hydrogen-bond donors (Lipinski definition) is 1. The summed E-state index contributed by atoms with van der Waals surface area (Å²) in [5.41, 5.74) is 5.63. The highest BCUT2D eigenvalue weighted by atomic mass is 16.1. The van der Waals surface area contributed by atoms with Gasteiger partial charge in [0.05, 0.1) is 11.4 Å². The summed E-state index contributed by atoms with van der Waals surface area (Å²) >= 11 is 0. The van der Waals surface area contributed by atoms with E-state index >= 15 is 0 Å². The lowest BCUT2D eigenvalue weighted by molar-refractivity contribution is -0.105. The molecule has 0 fully saturated rings. The van der Waals surface area contributed by atoms with Crippen molar-refractivity contribution in [1.29, 1.82) is 0 Å². The van der Waals surface area contributed by atoms with E-state index in [2.05, 4.69) is 0 Å². The predicted molar refractivity (Wildman–Crippen MR) is 48.1 cm³/mol. The molecule has 0 radical (unpaired) electrons. The Morgan fingerprint density at radius 3 is 2.77 bits per heavy atom. The number of nitrogens with zero attached hydrogens (tertiary/aromatic N) is 1. The first-order valence-electron chi connectivity index (χ1n) is 3.73. The Kier molecular flexibility index (Phi) is 2.64. The Hall–Kier alpha value is -1.84. The number of hydrogen-bond acceptors (Lipinski definition) is 3. The van der Waals surface area contributed by atoms with Crippen molar-refractivity contribution in [3.05, 3.63) is 35.8 Å². The molecule has 0 aliphatic heterocycles. The van der Waals surface area contributed by atoms with E-state index in [-0.39, 0.29) is 11.5 Å². The zero-order chi connectivity index (χ0) is 9.84. The summed E-state index contributed by atoms with van der Waals surface area (Å²) in [6.45, 7) is 0. The lowest BCUT2D eigenvalue weighted by Crippen LogP contribution is -2.07. The van der Waals surface area contributed by atoms with Crippen molar-refractivity contribution in [2.45, 2.75) is 0 Å². The molecule has 0 saturated carbocycles. The molecule has 1 rings (SSSR count). The predicted octanol–water partition coefficient (Wildman–Crippen LogP) is 0.249. The molecule has 0 unspecified atom stereocenters. The highest BCUT2D eigenvalue weighted by Gasteiger charge is 2.05. The second kappa shape index (κ2) is 3.71. The summed E-state index contributed by atoms with van der Waals surface area (Å²) in [7, 11) is 1.75. The van der Waals surface area contributed by atoms with Gasteiger partial charge in [-0.15, -0.1) is 0 Å². The minimum atomic E-state index is -0.267. The van der Waals surface area contributed by atoms with E-state index in [1.807, 2.05) is 0 Å². The van der Waals surface area contributed by atoms with Gasteiger partial charge < -0.3 is 10.3 Å². The van der Waals surface area contributed by atoms with E-state index in [1.165, 1.54) is 0 Å². The third-order valence-corrected chi connectivity index (χ3v) is 1.63. The normalized spacial score (nSPS) is 11.3. The second-order valence-electron chi connectivity index (χ2n) is 2.63. The molecule has 0 amide bonds. The van der Waals surface area contributed by atoms with E-state index in [4.69, 9.17) is 5.73 Å². The fraction of sp³-hybridized carbons (Fsp3) is 0.111. The molecular formula is C9H10N2O2. The molecule has 2 N–H and O–H groups in total. The average Bonchev–Trinajstić information content (AvgIpc) is 2.51. The molecule has 0 aliphatic carbocycles. The molecule has 4 nitrogen and oxygen atoms in total. The summed E-state index contributed by atoms with van der Waals surface area (Å²) in [4.78, 5) is 21.5. The molecule has 13 heavy (non-hydrogen) atoms. The van der Waals surface area contributed by atoms with Crippen LogP contribution in [-0.4, -0.2) is 16.6 Å². The summed E-state index contributed by atoms with van der Waals surface area (Å²) in [5, 5.41) is 0. The van der Waals surface area contributed by atoms with Crippen LogP contribution in [-0.2, 0) is 11.8 Å². The van der Waals surface area contributed by atoms with Crippen LogP contribution in [0.2, 0.25) is 0 Å². The number of carbonyl (C=O) groups is 2. The van der Waals surface area contributed by atoms with Crippen LogP contribution >= 0.6 is 0 Å². The van der Waals surface area contributed by atoms with Crippen LogP contribution in [0.4, 0.5) is 0 Å². The fourth-order valence-corrected chi connectivity index (χ4v) is 0.976.